The van der Waals surface area contributed by atoms with Crippen LogP contribution in [0.25, 0.3) is 0 Å². The molecule has 0 fully saturated rings. The molecular formula is C15H16BrNO2. The average molecular weight is 322 g/mol. The Morgan fingerprint density at radius 3 is 2.79 bits per heavy atom. The minimum absolute atomic E-state index is 0.494. The van der Waals surface area contributed by atoms with Crippen molar-refractivity contribution in [3.05, 3.63) is 57.8 Å². The molecule has 0 aliphatic carbocycles. The van der Waals surface area contributed by atoms with Crippen LogP contribution in [0.15, 0.2) is 41.0 Å². The van der Waals surface area contributed by atoms with Crippen LogP contribution in [0.4, 0.5) is 0 Å². The van der Waals surface area contributed by atoms with Gasteiger partial charge in [0.25, 0.3) is 0 Å². The molecule has 0 saturated heterocycles. The van der Waals surface area contributed by atoms with E-state index in [-0.39, 0.29) is 0 Å². The van der Waals surface area contributed by atoms with Crippen LogP contribution in [0.1, 0.15) is 22.9 Å². The van der Waals surface area contributed by atoms with Gasteiger partial charge < -0.3 is 9.84 Å². The molecule has 1 heterocycles. The zero-order chi connectivity index (χ0) is 13.8. The molecule has 0 radical (unpaired) electrons. The van der Waals surface area contributed by atoms with Gasteiger partial charge in [-0.3, -0.25) is 4.98 Å². The van der Waals surface area contributed by atoms with Crippen LogP contribution in [-0.4, -0.2) is 17.2 Å². The molecule has 1 N–H and O–H groups in total. The summed E-state index contributed by atoms with van der Waals surface area (Å²) in [5.41, 5.74) is 2.78. The number of rotatable bonds is 4. The van der Waals surface area contributed by atoms with Gasteiger partial charge in [0, 0.05) is 17.1 Å². The molecule has 0 aliphatic rings. The average Bonchev–Trinajstić information content (AvgIpc) is 2.41. The van der Waals surface area contributed by atoms with Gasteiger partial charge in [-0.1, -0.05) is 15.9 Å². The second kappa shape index (κ2) is 6.17. The monoisotopic (exact) mass is 321 g/mol. The van der Waals surface area contributed by atoms with Gasteiger partial charge in [0.15, 0.2) is 0 Å². The largest absolute Gasteiger partial charge is 0.497 e. The summed E-state index contributed by atoms with van der Waals surface area (Å²) in [7, 11) is 1.63. The maximum absolute atomic E-state index is 10.3. The van der Waals surface area contributed by atoms with Gasteiger partial charge in [-0.2, -0.15) is 0 Å². The van der Waals surface area contributed by atoms with E-state index in [1.54, 1.807) is 13.3 Å². The number of pyridine rings is 1. The van der Waals surface area contributed by atoms with E-state index in [2.05, 4.69) is 20.9 Å². The van der Waals surface area contributed by atoms with Gasteiger partial charge in [-0.15, -0.1) is 0 Å². The van der Waals surface area contributed by atoms with Crippen molar-refractivity contribution in [3.63, 3.8) is 0 Å². The lowest BCUT2D eigenvalue weighted by atomic mass is 10.0. The van der Waals surface area contributed by atoms with E-state index < -0.39 is 6.10 Å². The van der Waals surface area contributed by atoms with E-state index in [0.717, 1.165) is 21.3 Å². The highest BCUT2D eigenvalue weighted by Gasteiger charge is 2.13. The number of aromatic nitrogens is 1. The number of benzene rings is 1. The highest BCUT2D eigenvalue weighted by molar-refractivity contribution is 9.10. The summed E-state index contributed by atoms with van der Waals surface area (Å²) in [5.74, 6) is 0.780. The fourth-order valence-electron chi connectivity index (χ4n) is 1.89. The topological polar surface area (TPSA) is 42.4 Å². The number of aryl methyl sites for hydroxylation is 1. The molecule has 1 atom stereocenters. The highest BCUT2D eigenvalue weighted by atomic mass is 79.9. The van der Waals surface area contributed by atoms with Crippen molar-refractivity contribution >= 4 is 15.9 Å². The summed E-state index contributed by atoms with van der Waals surface area (Å²) in [5, 5.41) is 10.3. The van der Waals surface area contributed by atoms with Gasteiger partial charge in [0.2, 0.25) is 0 Å². The quantitative estimate of drug-likeness (QED) is 0.938. The lowest BCUT2D eigenvalue weighted by Crippen LogP contribution is -2.05. The summed E-state index contributed by atoms with van der Waals surface area (Å²) >= 11 is 3.49. The Hall–Kier alpha value is -1.39. The van der Waals surface area contributed by atoms with Crippen molar-refractivity contribution in [1.82, 2.24) is 4.98 Å². The first-order valence-corrected chi connectivity index (χ1v) is 6.82. The van der Waals surface area contributed by atoms with Crippen LogP contribution in [0.3, 0.4) is 0 Å². The number of ether oxygens (including phenoxy) is 1. The molecule has 0 saturated carbocycles. The van der Waals surface area contributed by atoms with E-state index >= 15 is 0 Å². The lowest BCUT2D eigenvalue weighted by molar-refractivity contribution is 0.173. The second-order valence-corrected chi connectivity index (χ2v) is 5.29. The van der Waals surface area contributed by atoms with Gasteiger partial charge in [-0.25, -0.2) is 0 Å². The Balaban J connectivity index is 2.21. The van der Waals surface area contributed by atoms with Gasteiger partial charge >= 0.3 is 0 Å². The van der Waals surface area contributed by atoms with Crippen molar-refractivity contribution in [2.75, 3.05) is 7.11 Å². The highest BCUT2D eigenvalue weighted by Crippen LogP contribution is 2.27. The second-order valence-electron chi connectivity index (χ2n) is 4.44. The molecule has 100 valence electrons. The van der Waals surface area contributed by atoms with Crippen molar-refractivity contribution in [1.29, 1.82) is 0 Å². The summed E-state index contributed by atoms with van der Waals surface area (Å²) in [6.07, 6.45) is 1.59. The van der Waals surface area contributed by atoms with Crippen LogP contribution < -0.4 is 4.74 Å². The molecule has 19 heavy (non-hydrogen) atoms. The summed E-state index contributed by atoms with van der Waals surface area (Å²) in [4.78, 5) is 4.21. The number of hydrogen-bond donors (Lipinski definition) is 1. The van der Waals surface area contributed by atoms with Crippen LogP contribution in [-0.2, 0) is 6.42 Å². The Labute approximate surface area is 121 Å². The SMILES string of the molecule is COc1ccc(Br)c(CC(O)c2cc(C)ccn2)c1. The molecule has 1 aromatic heterocycles. The standard InChI is InChI=1S/C15H16BrNO2/c1-10-5-6-17-14(7-10)15(18)9-11-8-12(19-2)3-4-13(11)16/h3-8,15,18H,9H2,1-2H3. The normalized spacial score (nSPS) is 12.2. The zero-order valence-electron chi connectivity index (χ0n) is 10.9. The first-order chi connectivity index (χ1) is 9.10. The summed E-state index contributed by atoms with van der Waals surface area (Å²) < 4.78 is 6.16. The Morgan fingerprint density at radius 2 is 2.11 bits per heavy atom. The van der Waals surface area contributed by atoms with E-state index in [9.17, 15) is 5.11 Å². The van der Waals surface area contributed by atoms with Gasteiger partial charge in [0.05, 0.1) is 18.9 Å². The number of methoxy groups -OCH3 is 1. The van der Waals surface area contributed by atoms with Crippen molar-refractivity contribution in [2.24, 2.45) is 0 Å². The Kier molecular flexibility index (Phi) is 4.56. The summed E-state index contributed by atoms with van der Waals surface area (Å²) in [6, 6.07) is 9.54. The minimum Gasteiger partial charge on any atom is -0.497 e. The number of halogens is 1. The van der Waals surface area contributed by atoms with Gasteiger partial charge in [-0.05, 0) is 48.4 Å². The van der Waals surface area contributed by atoms with Crippen LogP contribution in [0.2, 0.25) is 0 Å². The maximum atomic E-state index is 10.3. The molecule has 4 heteroatoms. The fraction of sp³-hybridized carbons (Fsp3) is 0.267. The van der Waals surface area contributed by atoms with E-state index in [1.807, 2.05) is 37.3 Å². The molecular weight excluding hydrogens is 306 g/mol. The first-order valence-electron chi connectivity index (χ1n) is 6.03. The molecule has 1 aromatic carbocycles. The van der Waals surface area contributed by atoms with Crippen LogP contribution >= 0.6 is 15.9 Å². The number of nitrogens with zero attached hydrogens (tertiary/aromatic N) is 1. The van der Waals surface area contributed by atoms with Crippen LogP contribution in [0, 0.1) is 6.92 Å². The third-order valence-corrected chi connectivity index (χ3v) is 3.72. The van der Waals surface area contributed by atoms with Crippen molar-refractivity contribution in [2.45, 2.75) is 19.4 Å². The predicted octanol–water partition coefficient (Wildman–Crippen LogP) is 3.44. The van der Waals surface area contributed by atoms with Crippen molar-refractivity contribution in [3.8, 4) is 5.75 Å². The molecule has 0 bridgehead atoms. The minimum atomic E-state index is -0.622. The van der Waals surface area contributed by atoms with Crippen LogP contribution in [0.5, 0.6) is 5.75 Å². The first kappa shape index (κ1) is 14.0. The Morgan fingerprint density at radius 1 is 1.32 bits per heavy atom. The molecule has 0 aliphatic heterocycles. The molecule has 0 spiro atoms. The number of hydrogen-bond acceptors (Lipinski definition) is 3. The maximum Gasteiger partial charge on any atom is 0.119 e. The predicted molar refractivity (Wildman–Crippen MR) is 78.3 cm³/mol. The molecule has 2 rings (SSSR count). The number of aliphatic hydroxyl groups excluding tert-OH is 1. The lowest BCUT2D eigenvalue weighted by Gasteiger charge is -2.13. The zero-order valence-corrected chi connectivity index (χ0v) is 12.5. The van der Waals surface area contributed by atoms with E-state index in [1.165, 1.54) is 0 Å². The third-order valence-electron chi connectivity index (χ3n) is 2.94. The third kappa shape index (κ3) is 3.55. The Bertz CT molecular complexity index is 572. The fourth-order valence-corrected chi connectivity index (χ4v) is 2.30. The molecule has 1 unspecified atom stereocenters. The van der Waals surface area contributed by atoms with Gasteiger partial charge in [0.1, 0.15) is 5.75 Å². The molecule has 0 amide bonds. The van der Waals surface area contributed by atoms with Crippen molar-refractivity contribution < 1.29 is 9.84 Å². The number of aliphatic hydroxyl groups is 1. The van der Waals surface area contributed by atoms with E-state index in [4.69, 9.17) is 4.74 Å². The molecule has 3 nitrogen and oxygen atoms in total. The molecule has 2 aromatic rings. The van der Waals surface area contributed by atoms with E-state index in [0.29, 0.717) is 12.1 Å². The summed E-state index contributed by atoms with van der Waals surface area (Å²) in [6.45, 7) is 1.99. The smallest absolute Gasteiger partial charge is 0.119 e.